The van der Waals surface area contributed by atoms with E-state index in [0.717, 1.165) is 11.3 Å². The third kappa shape index (κ3) is 3.71. The van der Waals surface area contributed by atoms with Crippen LogP contribution in [0.2, 0.25) is 0 Å². The maximum absolute atomic E-state index is 12.6. The van der Waals surface area contributed by atoms with E-state index < -0.39 is 0 Å². The van der Waals surface area contributed by atoms with E-state index in [1.54, 1.807) is 10.8 Å². The van der Waals surface area contributed by atoms with Gasteiger partial charge in [0.1, 0.15) is 5.49 Å². The number of rotatable bonds is 4. The minimum Gasteiger partial charge on any atom is -0.324 e. The number of aromatic nitrogens is 2. The van der Waals surface area contributed by atoms with Crippen LogP contribution in [-0.4, -0.2) is 21.1 Å². The lowest BCUT2D eigenvalue weighted by atomic mass is 10.1. The summed E-state index contributed by atoms with van der Waals surface area (Å²) in [6.45, 7) is 4.00. The molecule has 4 nitrogen and oxygen atoms in total. The zero-order valence-electron chi connectivity index (χ0n) is 14.0. The molecule has 0 atom stereocenters. The summed E-state index contributed by atoms with van der Waals surface area (Å²) in [4.78, 5) is 17.1. The van der Waals surface area contributed by atoms with Crippen molar-refractivity contribution in [3.8, 4) is 5.69 Å². The lowest BCUT2D eigenvalue weighted by molar-refractivity contribution is 0.0908. The second-order valence-corrected chi connectivity index (χ2v) is 5.98. The average molecular weight is 319 g/mol. The molecule has 1 aromatic carbocycles. The predicted molar refractivity (Wildman–Crippen MR) is 95.2 cm³/mol. The fraction of sp³-hybridized carbons (Fsp3) is 0.200. The first-order valence-electron chi connectivity index (χ1n) is 8.10. The molecule has 24 heavy (non-hydrogen) atoms. The standard InChI is InChI=1S/C20H21N3O/c1-16(2)21-19-7-3-4-14-23(19)20(24)15-17-8-10-18(11-9-17)22-12-5-6-13-22/h3-14,16H,15H2,1-2H3. The first-order valence-corrected chi connectivity index (χ1v) is 8.10. The molecule has 2 aromatic heterocycles. The van der Waals surface area contributed by atoms with Crippen molar-refractivity contribution in [1.29, 1.82) is 0 Å². The van der Waals surface area contributed by atoms with Gasteiger partial charge in [-0.15, -0.1) is 0 Å². The van der Waals surface area contributed by atoms with Crippen LogP contribution >= 0.6 is 0 Å². The van der Waals surface area contributed by atoms with Gasteiger partial charge in [0.15, 0.2) is 0 Å². The molecule has 0 fully saturated rings. The van der Waals surface area contributed by atoms with Gasteiger partial charge in [0.2, 0.25) is 5.91 Å². The van der Waals surface area contributed by atoms with Crippen LogP contribution in [0.5, 0.6) is 0 Å². The number of pyridine rings is 1. The van der Waals surface area contributed by atoms with Gasteiger partial charge >= 0.3 is 0 Å². The quantitative estimate of drug-likeness (QED) is 0.726. The maximum atomic E-state index is 12.6. The number of carbonyl (C=O) groups excluding carboxylic acids is 1. The topological polar surface area (TPSA) is 39.3 Å². The smallest absolute Gasteiger partial charge is 0.236 e. The lowest BCUT2D eigenvalue weighted by Gasteiger charge is -2.08. The lowest BCUT2D eigenvalue weighted by Crippen LogP contribution is -2.28. The molecular formula is C20H21N3O. The Morgan fingerprint density at radius 1 is 0.958 bits per heavy atom. The van der Waals surface area contributed by atoms with Crippen LogP contribution in [0.3, 0.4) is 0 Å². The molecule has 122 valence electrons. The largest absolute Gasteiger partial charge is 0.324 e. The van der Waals surface area contributed by atoms with E-state index in [1.165, 1.54) is 0 Å². The molecule has 0 saturated heterocycles. The number of hydrogen-bond donors (Lipinski definition) is 0. The Morgan fingerprint density at radius 3 is 2.29 bits per heavy atom. The summed E-state index contributed by atoms with van der Waals surface area (Å²) in [5, 5.41) is 0. The van der Waals surface area contributed by atoms with Gasteiger partial charge < -0.3 is 4.57 Å². The van der Waals surface area contributed by atoms with Gasteiger partial charge in [0.25, 0.3) is 0 Å². The van der Waals surface area contributed by atoms with Crippen molar-refractivity contribution >= 4 is 5.91 Å². The van der Waals surface area contributed by atoms with Crippen LogP contribution in [0, 0.1) is 0 Å². The normalized spacial score (nSPS) is 11.9. The molecule has 0 saturated carbocycles. The zero-order valence-corrected chi connectivity index (χ0v) is 14.0. The molecule has 0 aliphatic rings. The second kappa shape index (κ2) is 7.13. The molecule has 0 aliphatic carbocycles. The summed E-state index contributed by atoms with van der Waals surface area (Å²) in [6, 6.07) is 17.8. The van der Waals surface area contributed by atoms with E-state index in [9.17, 15) is 4.79 Å². The number of nitrogens with zero attached hydrogens (tertiary/aromatic N) is 3. The minimum absolute atomic E-state index is 0.0173. The zero-order chi connectivity index (χ0) is 16.9. The summed E-state index contributed by atoms with van der Waals surface area (Å²) < 4.78 is 3.66. The van der Waals surface area contributed by atoms with Crippen molar-refractivity contribution in [1.82, 2.24) is 9.13 Å². The van der Waals surface area contributed by atoms with Gasteiger partial charge in [0.05, 0.1) is 6.42 Å². The van der Waals surface area contributed by atoms with E-state index in [1.807, 2.05) is 85.4 Å². The SMILES string of the molecule is CC(C)N=c1ccccn1C(=O)Cc1ccc(-n2cccc2)cc1. The van der Waals surface area contributed by atoms with Crippen LogP contribution in [0.4, 0.5) is 0 Å². The molecule has 0 amide bonds. The molecule has 0 N–H and O–H groups in total. The molecule has 0 spiro atoms. The van der Waals surface area contributed by atoms with Gasteiger partial charge in [-0.1, -0.05) is 18.2 Å². The summed E-state index contributed by atoms with van der Waals surface area (Å²) in [5.74, 6) is 0.0173. The molecule has 0 radical (unpaired) electrons. The molecule has 0 aliphatic heterocycles. The number of hydrogen-bond acceptors (Lipinski definition) is 2. The van der Waals surface area contributed by atoms with Crippen molar-refractivity contribution in [3.63, 3.8) is 0 Å². The van der Waals surface area contributed by atoms with Crippen molar-refractivity contribution in [2.45, 2.75) is 26.3 Å². The summed E-state index contributed by atoms with van der Waals surface area (Å²) in [6.07, 6.45) is 6.12. The number of benzene rings is 1. The third-order valence-corrected chi connectivity index (χ3v) is 3.69. The Bertz CT molecular complexity index is 872. The average Bonchev–Trinajstić information content (AvgIpc) is 3.10. The third-order valence-electron chi connectivity index (χ3n) is 3.69. The van der Waals surface area contributed by atoms with Crippen molar-refractivity contribution < 1.29 is 4.79 Å². The van der Waals surface area contributed by atoms with Gasteiger partial charge in [-0.05, 0) is 55.8 Å². The summed E-state index contributed by atoms with van der Waals surface area (Å²) in [7, 11) is 0. The first-order chi connectivity index (χ1) is 11.6. The first kappa shape index (κ1) is 16.0. The molecule has 3 rings (SSSR count). The second-order valence-electron chi connectivity index (χ2n) is 5.98. The van der Waals surface area contributed by atoms with Gasteiger partial charge in [-0.3, -0.25) is 14.4 Å². The maximum Gasteiger partial charge on any atom is 0.236 e. The fourth-order valence-electron chi connectivity index (χ4n) is 2.57. The Kier molecular flexibility index (Phi) is 4.75. The van der Waals surface area contributed by atoms with Crippen molar-refractivity contribution in [2.75, 3.05) is 0 Å². The highest BCUT2D eigenvalue weighted by Gasteiger charge is 2.07. The molecule has 4 heteroatoms. The van der Waals surface area contributed by atoms with Crippen LogP contribution in [0.1, 0.15) is 24.2 Å². The molecule has 0 bridgehead atoms. The molecule has 2 heterocycles. The van der Waals surface area contributed by atoms with Crippen molar-refractivity contribution in [3.05, 3.63) is 84.2 Å². The highest BCUT2D eigenvalue weighted by molar-refractivity contribution is 5.81. The Morgan fingerprint density at radius 2 is 1.62 bits per heavy atom. The monoisotopic (exact) mass is 319 g/mol. The van der Waals surface area contributed by atoms with E-state index in [0.29, 0.717) is 11.9 Å². The summed E-state index contributed by atoms with van der Waals surface area (Å²) >= 11 is 0. The highest BCUT2D eigenvalue weighted by Crippen LogP contribution is 2.11. The van der Waals surface area contributed by atoms with Gasteiger partial charge in [-0.25, -0.2) is 0 Å². The van der Waals surface area contributed by atoms with E-state index in [2.05, 4.69) is 4.99 Å². The van der Waals surface area contributed by atoms with Gasteiger partial charge in [0, 0.05) is 30.3 Å². The molecule has 0 unspecified atom stereocenters. The Labute approximate surface area is 141 Å². The van der Waals surface area contributed by atoms with E-state index in [4.69, 9.17) is 0 Å². The van der Waals surface area contributed by atoms with Crippen LogP contribution in [0.25, 0.3) is 5.69 Å². The van der Waals surface area contributed by atoms with Crippen LogP contribution < -0.4 is 5.49 Å². The number of carbonyl (C=O) groups is 1. The predicted octanol–water partition coefficient (Wildman–Crippen LogP) is 3.47. The van der Waals surface area contributed by atoms with E-state index >= 15 is 0 Å². The summed E-state index contributed by atoms with van der Waals surface area (Å²) in [5.41, 5.74) is 2.77. The van der Waals surface area contributed by atoms with Crippen LogP contribution in [0.15, 0.2) is 78.2 Å². The van der Waals surface area contributed by atoms with Gasteiger partial charge in [-0.2, -0.15) is 0 Å². The highest BCUT2D eigenvalue weighted by atomic mass is 16.2. The van der Waals surface area contributed by atoms with Crippen molar-refractivity contribution in [2.24, 2.45) is 4.99 Å². The van der Waals surface area contributed by atoms with Crippen LogP contribution in [-0.2, 0) is 6.42 Å². The minimum atomic E-state index is 0.0173. The Balaban J connectivity index is 1.81. The molecular weight excluding hydrogens is 298 g/mol. The fourth-order valence-corrected chi connectivity index (χ4v) is 2.57. The molecule has 3 aromatic rings. The van der Waals surface area contributed by atoms with E-state index in [-0.39, 0.29) is 11.9 Å². The Hall–Kier alpha value is -2.88.